The van der Waals surface area contributed by atoms with Crippen LogP contribution in [0.15, 0.2) is 48.5 Å². The third-order valence-electron chi connectivity index (χ3n) is 4.67. The largest absolute Gasteiger partial charge is 0.321 e. The zero-order valence-corrected chi connectivity index (χ0v) is 17.6. The number of hydrogen-bond acceptors (Lipinski definition) is 5. The summed E-state index contributed by atoms with van der Waals surface area (Å²) >= 11 is 5.90. The highest BCUT2D eigenvalue weighted by atomic mass is 35.5. The number of nitrogens with one attached hydrogen (secondary N) is 1. The van der Waals surface area contributed by atoms with Crippen molar-refractivity contribution >= 4 is 23.2 Å². The predicted molar refractivity (Wildman–Crippen MR) is 115 cm³/mol. The maximum atomic E-state index is 12.6. The van der Waals surface area contributed by atoms with E-state index in [4.69, 9.17) is 11.6 Å². The molecule has 0 radical (unpaired) electrons. The Hall–Kier alpha value is -3.52. The Balaban J connectivity index is 1.48. The van der Waals surface area contributed by atoms with Crippen molar-refractivity contribution in [2.75, 3.05) is 5.32 Å². The molecule has 0 aliphatic heterocycles. The molecule has 0 atom stereocenters. The average molecular weight is 422 g/mol. The first kappa shape index (κ1) is 19.8. The van der Waals surface area contributed by atoms with Crippen molar-refractivity contribution in [1.29, 1.82) is 0 Å². The third-order valence-corrected chi connectivity index (χ3v) is 4.93. The van der Waals surface area contributed by atoms with Gasteiger partial charge in [0.1, 0.15) is 6.54 Å². The highest BCUT2D eigenvalue weighted by Gasteiger charge is 2.16. The van der Waals surface area contributed by atoms with E-state index >= 15 is 0 Å². The van der Waals surface area contributed by atoms with Crippen LogP contribution in [0.1, 0.15) is 17.0 Å². The Labute approximate surface area is 178 Å². The smallest absolute Gasteiger partial charge is 0.248 e. The zero-order chi connectivity index (χ0) is 21.3. The molecule has 0 bridgehead atoms. The van der Waals surface area contributed by atoms with Crippen molar-refractivity contribution in [3.05, 3.63) is 70.5 Å². The van der Waals surface area contributed by atoms with Crippen molar-refractivity contribution < 1.29 is 4.79 Å². The van der Waals surface area contributed by atoms with Crippen LogP contribution in [-0.2, 0) is 11.3 Å². The van der Waals surface area contributed by atoms with Gasteiger partial charge in [-0.2, -0.15) is 9.90 Å². The molecule has 9 heteroatoms. The van der Waals surface area contributed by atoms with E-state index in [1.54, 1.807) is 24.3 Å². The average Bonchev–Trinajstić information content (AvgIpc) is 3.29. The second-order valence-corrected chi connectivity index (χ2v) is 7.43. The van der Waals surface area contributed by atoms with Gasteiger partial charge >= 0.3 is 0 Å². The number of aromatic nitrogens is 6. The van der Waals surface area contributed by atoms with Gasteiger partial charge in [-0.05, 0) is 62.4 Å². The Morgan fingerprint density at radius 1 is 1.00 bits per heavy atom. The van der Waals surface area contributed by atoms with E-state index in [-0.39, 0.29) is 12.5 Å². The standard InChI is InChI=1S/C21H20ClN7O/c1-13-4-10-18(11-5-13)29-15(3)20(14(2)25-29)23-19(30)12-28-26-21(24-27-28)16-6-8-17(22)9-7-16/h4-11H,12H2,1-3H3,(H,23,30). The van der Waals surface area contributed by atoms with Crippen LogP contribution in [0.25, 0.3) is 17.1 Å². The molecule has 4 rings (SSSR count). The van der Waals surface area contributed by atoms with Gasteiger partial charge in [-0.3, -0.25) is 4.79 Å². The lowest BCUT2D eigenvalue weighted by Crippen LogP contribution is -2.21. The summed E-state index contributed by atoms with van der Waals surface area (Å²) in [6.45, 7) is 5.75. The van der Waals surface area contributed by atoms with Gasteiger partial charge in [0.25, 0.3) is 0 Å². The molecule has 0 aliphatic carbocycles. The van der Waals surface area contributed by atoms with Crippen LogP contribution in [0.2, 0.25) is 5.02 Å². The number of aryl methyl sites for hydroxylation is 2. The van der Waals surface area contributed by atoms with E-state index < -0.39 is 0 Å². The number of tetrazole rings is 1. The lowest BCUT2D eigenvalue weighted by molar-refractivity contribution is -0.117. The topological polar surface area (TPSA) is 90.5 Å². The molecule has 152 valence electrons. The van der Waals surface area contributed by atoms with Gasteiger partial charge in [0.15, 0.2) is 0 Å². The minimum Gasteiger partial charge on any atom is -0.321 e. The number of hydrogen-bond donors (Lipinski definition) is 1. The summed E-state index contributed by atoms with van der Waals surface area (Å²) in [7, 11) is 0. The number of benzene rings is 2. The van der Waals surface area contributed by atoms with Crippen LogP contribution in [-0.4, -0.2) is 35.9 Å². The number of amides is 1. The van der Waals surface area contributed by atoms with Crippen molar-refractivity contribution in [3.63, 3.8) is 0 Å². The first-order valence-corrected chi connectivity index (χ1v) is 9.75. The summed E-state index contributed by atoms with van der Waals surface area (Å²) in [4.78, 5) is 13.8. The number of carbonyl (C=O) groups is 1. The number of anilines is 1. The van der Waals surface area contributed by atoms with Crippen molar-refractivity contribution in [2.24, 2.45) is 0 Å². The zero-order valence-electron chi connectivity index (χ0n) is 16.8. The molecule has 1 N–H and O–H groups in total. The summed E-state index contributed by atoms with van der Waals surface area (Å²) in [6, 6.07) is 15.2. The lowest BCUT2D eigenvalue weighted by atomic mass is 10.2. The van der Waals surface area contributed by atoms with Gasteiger partial charge in [-0.25, -0.2) is 4.68 Å². The molecule has 0 saturated carbocycles. The minimum atomic E-state index is -0.260. The quantitative estimate of drug-likeness (QED) is 0.530. The normalized spacial score (nSPS) is 10.9. The van der Waals surface area contributed by atoms with Crippen LogP contribution in [0.3, 0.4) is 0 Å². The van der Waals surface area contributed by atoms with Crippen LogP contribution < -0.4 is 5.32 Å². The Bertz CT molecular complexity index is 1190. The van der Waals surface area contributed by atoms with Gasteiger partial charge < -0.3 is 5.32 Å². The summed E-state index contributed by atoms with van der Waals surface area (Å²) in [6.07, 6.45) is 0. The first-order chi connectivity index (χ1) is 14.4. The summed E-state index contributed by atoms with van der Waals surface area (Å²) in [5.41, 5.74) is 5.14. The fourth-order valence-corrected chi connectivity index (χ4v) is 3.22. The van der Waals surface area contributed by atoms with Gasteiger partial charge in [0.2, 0.25) is 11.7 Å². The summed E-state index contributed by atoms with van der Waals surface area (Å²) in [5, 5.41) is 20.3. The second-order valence-electron chi connectivity index (χ2n) is 6.99. The fourth-order valence-electron chi connectivity index (χ4n) is 3.09. The third kappa shape index (κ3) is 4.08. The van der Waals surface area contributed by atoms with Crippen LogP contribution in [0.5, 0.6) is 0 Å². The monoisotopic (exact) mass is 421 g/mol. The number of nitrogens with zero attached hydrogens (tertiary/aromatic N) is 6. The lowest BCUT2D eigenvalue weighted by Gasteiger charge is -2.07. The summed E-state index contributed by atoms with van der Waals surface area (Å²) < 4.78 is 1.82. The van der Waals surface area contributed by atoms with E-state index in [2.05, 4.69) is 25.8 Å². The van der Waals surface area contributed by atoms with E-state index in [1.807, 2.05) is 49.7 Å². The molecule has 2 aromatic carbocycles. The predicted octanol–water partition coefficient (Wildman–Crippen LogP) is 3.74. The molecule has 4 aromatic rings. The maximum absolute atomic E-state index is 12.6. The van der Waals surface area contributed by atoms with Gasteiger partial charge in [0.05, 0.1) is 22.8 Å². The molecule has 0 unspecified atom stereocenters. The Kier molecular flexibility index (Phi) is 5.33. The van der Waals surface area contributed by atoms with Crippen LogP contribution >= 0.6 is 11.6 Å². The van der Waals surface area contributed by atoms with E-state index in [0.717, 1.165) is 22.6 Å². The second kappa shape index (κ2) is 8.08. The van der Waals surface area contributed by atoms with E-state index in [9.17, 15) is 4.79 Å². The maximum Gasteiger partial charge on any atom is 0.248 e. The number of rotatable bonds is 5. The molecule has 2 heterocycles. The molecule has 0 aliphatic rings. The van der Waals surface area contributed by atoms with Gasteiger partial charge in [-0.1, -0.05) is 29.3 Å². The molecule has 0 saturated heterocycles. The highest BCUT2D eigenvalue weighted by molar-refractivity contribution is 6.30. The molecule has 8 nitrogen and oxygen atoms in total. The van der Waals surface area contributed by atoms with Crippen LogP contribution in [0.4, 0.5) is 5.69 Å². The molecule has 0 spiro atoms. The fraction of sp³-hybridized carbons (Fsp3) is 0.190. The summed E-state index contributed by atoms with van der Waals surface area (Å²) in [5.74, 6) is 0.170. The van der Waals surface area contributed by atoms with Gasteiger partial charge in [0, 0.05) is 10.6 Å². The molecule has 2 aromatic heterocycles. The molecule has 30 heavy (non-hydrogen) atoms. The first-order valence-electron chi connectivity index (χ1n) is 9.37. The molecular formula is C21H20ClN7O. The SMILES string of the molecule is Cc1ccc(-n2nc(C)c(NC(=O)Cn3nnc(-c4ccc(Cl)cc4)n3)c2C)cc1. The van der Waals surface area contributed by atoms with E-state index in [0.29, 0.717) is 16.5 Å². The molecule has 0 fully saturated rings. The molecular weight excluding hydrogens is 402 g/mol. The Morgan fingerprint density at radius 2 is 1.70 bits per heavy atom. The van der Waals surface area contributed by atoms with Gasteiger partial charge in [-0.15, -0.1) is 10.2 Å². The number of carbonyl (C=O) groups excluding carboxylic acids is 1. The van der Waals surface area contributed by atoms with Crippen LogP contribution in [0, 0.1) is 20.8 Å². The van der Waals surface area contributed by atoms with Crippen molar-refractivity contribution in [2.45, 2.75) is 27.3 Å². The van der Waals surface area contributed by atoms with E-state index in [1.165, 1.54) is 10.4 Å². The highest BCUT2D eigenvalue weighted by Crippen LogP contribution is 2.23. The van der Waals surface area contributed by atoms with Crippen molar-refractivity contribution in [3.8, 4) is 17.1 Å². The Morgan fingerprint density at radius 3 is 2.40 bits per heavy atom. The molecule has 1 amide bonds. The minimum absolute atomic E-state index is 0.0603. The number of halogens is 1. The van der Waals surface area contributed by atoms with Crippen molar-refractivity contribution in [1.82, 2.24) is 30.0 Å².